The molecule has 0 atom stereocenters. The molecule has 0 aromatic carbocycles. The van der Waals surface area contributed by atoms with Crippen LogP contribution in [0, 0.1) is 6.92 Å². The topological polar surface area (TPSA) is 63.2 Å². The van der Waals surface area contributed by atoms with Crippen LogP contribution in [0.15, 0.2) is 24.5 Å². The molecule has 2 aromatic heterocycles. The Labute approximate surface area is 131 Å². The third-order valence-electron chi connectivity index (χ3n) is 4.39. The number of nitrogens with two attached hydrogens (primary N) is 1. The fraction of sp³-hybridized carbons (Fsp3) is 0.500. The van der Waals surface area contributed by atoms with E-state index in [9.17, 15) is 0 Å². The van der Waals surface area contributed by atoms with Gasteiger partial charge in [-0.2, -0.15) is 5.10 Å². The van der Waals surface area contributed by atoms with Gasteiger partial charge in [-0.1, -0.05) is 0 Å². The Kier molecular flexibility index (Phi) is 4.29. The molecule has 0 spiro atoms. The van der Waals surface area contributed by atoms with Gasteiger partial charge >= 0.3 is 0 Å². The van der Waals surface area contributed by atoms with E-state index in [2.05, 4.69) is 38.4 Å². The van der Waals surface area contributed by atoms with Gasteiger partial charge in [-0.25, -0.2) is 4.98 Å². The summed E-state index contributed by atoms with van der Waals surface area (Å²) >= 11 is 0. The van der Waals surface area contributed by atoms with Gasteiger partial charge in [-0.05, 0) is 26.0 Å². The van der Waals surface area contributed by atoms with Crippen molar-refractivity contribution in [3.05, 3.63) is 35.8 Å². The van der Waals surface area contributed by atoms with Crippen LogP contribution in [0.3, 0.4) is 0 Å². The highest BCUT2D eigenvalue weighted by Crippen LogP contribution is 2.21. The number of piperazine rings is 1. The van der Waals surface area contributed by atoms with Crippen LogP contribution in [-0.4, -0.2) is 45.8 Å². The normalized spacial score (nSPS) is 16.2. The van der Waals surface area contributed by atoms with Crippen LogP contribution in [-0.2, 0) is 13.1 Å². The molecule has 1 aliphatic rings. The fourth-order valence-electron chi connectivity index (χ4n) is 2.99. The molecule has 118 valence electrons. The monoisotopic (exact) mass is 300 g/mol. The molecule has 22 heavy (non-hydrogen) atoms. The highest BCUT2D eigenvalue weighted by Gasteiger charge is 2.20. The molecule has 2 aromatic rings. The summed E-state index contributed by atoms with van der Waals surface area (Å²) in [6.45, 7) is 10.1. The summed E-state index contributed by atoms with van der Waals surface area (Å²) in [7, 11) is 0. The van der Waals surface area contributed by atoms with E-state index in [4.69, 9.17) is 5.73 Å². The Hall–Kier alpha value is -2.08. The second-order valence-corrected chi connectivity index (χ2v) is 5.75. The lowest BCUT2D eigenvalue weighted by atomic mass is 10.2. The molecule has 0 saturated carbocycles. The maximum Gasteiger partial charge on any atom is 0.151 e. The Morgan fingerprint density at radius 1 is 1.23 bits per heavy atom. The predicted molar refractivity (Wildman–Crippen MR) is 88.8 cm³/mol. The van der Waals surface area contributed by atoms with E-state index >= 15 is 0 Å². The van der Waals surface area contributed by atoms with E-state index in [1.807, 2.05) is 18.3 Å². The van der Waals surface area contributed by atoms with Crippen molar-refractivity contribution in [2.45, 2.75) is 26.9 Å². The van der Waals surface area contributed by atoms with E-state index in [1.54, 1.807) is 6.20 Å². The second kappa shape index (κ2) is 6.36. The van der Waals surface area contributed by atoms with Crippen LogP contribution in [0.1, 0.15) is 18.2 Å². The summed E-state index contributed by atoms with van der Waals surface area (Å²) in [5, 5.41) is 4.43. The lowest BCUT2D eigenvalue weighted by molar-refractivity contribution is 0.249. The third-order valence-corrected chi connectivity index (χ3v) is 4.39. The summed E-state index contributed by atoms with van der Waals surface area (Å²) in [4.78, 5) is 9.15. The molecule has 6 nitrogen and oxygen atoms in total. The van der Waals surface area contributed by atoms with E-state index in [1.165, 1.54) is 11.3 Å². The Balaban J connectivity index is 1.60. The molecule has 0 unspecified atom stereocenters. The van der Waals surface area contributed by atoms with Gasteiger partial charge in [0.05, 0.1) is 11.9 Å². The van der Waals surface area contributed by atoms with E-state index in [-0.39, 0.29) is 0 Å². The van der Waals surface area contributed by atoms with Crippen LogP contribution in [0.5, 0.6) is 0 Å². The van der Waals surface area contributed by atoms with Gasteiger partial charge in [0.25, 0.3) is 0 Å². The third kappa shape index (κ3) is 2.92. The molecule has 1 aliphatic heterocycles. The quantitative estimate of drug-likeness (QED) is 0.927. The summed E-state index contributed by atoms with van der Waals surface area (Å²) in [6, 6.07) is 3.79. The molecular weight excluding hydrogens is 276 g/mol. The zero-order chi connectivity index (χ0) is 15.5. The largest absolute Gasteiger partial charge is 0.396 e. The number of nitrogen functional groups attached to an aromatic ring is 1. The first-order valence-corrected chi connectivity index (χ1v) is 7.88. The highest BCUT2D eigenvalue weighted by molar-refractivity contribution is 5.62. The lowest BCUT2D eigenvalue weighted by Crippen LogP contribution is -2.46. The molecule has 0 aliphatic carbocycles. The Morgan fingerprint density at radius 3 is 2.64 bits per heavy atom. The van der Waals surface area contributed by atoms with Crippen molar-refractivity contribution >= 4 is 11.5 Å². The van der Waals surface area contributed by atoms with Crippen molar-refractivity contribution in [2.75, 3.05) is 36.8 Å². The summed E-state index contributed by atoms with van der Waals surface area (Å²) in [6.07, 6.45) is 3.81. The van der Waals surface area contributed by atoms with Gasteiger partial charge in [0, 0.05) is 56.7 Å². The van der Waals surface area contributed by atoms with Gasteiger partial charge in [0.15, 0.2) is 5.82 Å². The van der Waals surface area contributed by atoms with Crippen molar-refractivity contribution in [3.63, 3.8) is 0 Å². The van der Waals surface area contributed by atoms with Crippen molar-refractivity contribution in [1.29, 1.82) is 0 Å². The molecule has 1 fully saturated rings. The molecule has 0 radical (unpaired) electrons. The van der Waals surface area contributed by atoms with Crippen LogP contribution < -0.4 is 10.6 Å². The van der Waals surface area contributed by atoms with E-state index in [0.717, 1.165) is 50.8 Å². The van der Waals surface area contributed by atoms with Crippen molar-refractivity contribution < 1.29 is 0 Å². The minimum atomic E-state index is 0.760. The molecule has 1 saturated heterocycles. The standard InChI is InChI=1S/C16H24N6/c1-3-22-13(2)14(11-19-22)12-20-7-9-21(10-8-20)16-15(17)5-4-6-18-16/h4-6,11H,3,7-10,12,17H2,1-2H3. The minimum absolute atomic E-state index is 0.760. The fourth-order valence-corrected chi connectivity index (χ4v) is 2.99. The molecular formula is C16H24N6. The number of hydrogen-bond donors (Lipinski definition) is 1. The van der Waals surface area contributed by atoms with Gasteiger partial charge in [-0.3, -0.25) is 9.58 Å². The van der Waals surface area contributed by atoms with Gasteiger partial charge < -0.3 is 10.6 Å². The number of aryl methyl sites for hydroxylation is 1. The van der Waals surface area contributed by atoms with E-state index in [0.29, 0.717) is 0 Å². The summed E-state index contributed by atoms with van der Waals surface area (Å²) in [5.41, 5.74) is 9.38. The molecule has 6 heteroatoms. The average molecular weight is 300 g/mol. The van der Waals surface area contributed by atoms with Crippen LogP contribution in [0.25, 0.3) is 0 Å². The average Bonchev–Trinajstić information content (AvgIpc) is 2.89. The van der Waals surface area contributed by atoms with Crippen LogP contribution >= 0.6 is 0 Å². The number of anilines is 2. The maximum absolute atomic E-state index is 6.02. The number of nitrogens with zero attached hydrogens (tertiary/aromatic N) is 5. The van der Waals surface area contributed by atoms with Crippen molar-refractivity contribution in [2.24, 2.45) is 0 Å². The van der Waals surface area contributed by atoms with E-state index < -0.39 is 0 Å². The molecule has 3 rings (SSSR count). The SMILES string of the molecule is CCn1ncc(CN2CCN(c3ncccc3N)CC2)c1C. The van der Waals surface area contributed by atoms with Gasteiger partial charge in [0.2, 0.25) is 0 Å². The van der Waals surface area contributed by atoms with Crippen molar-refractivity contribution in [1.82, 2.24) is 19.7 Å². The highest BCUT2D eigenvalue weighted by atomic mass is 15.3. The first-order valence-electron chi connectivity index (χ1n) is 7.88. The first kappa shape index (κ1) is 14.8. The summed E-state index contributed by atoms with van der Waals surface area (Å²) in [5.74, 6) is 0.914. The molecule has 0 bridgehead atoms. The van der Waals surface area contributed by atoms with Gasteiger partial charge in [-0.15, -0.1) is 0 Å². The van der Waals surface area contributed by atoms with Crippen LogP contribution in [0.4, 0.5) is 11.5 Å². The number of pyridine rings is 1. The predicted octanol–water partition coefficient (Wildman–Crippen LogP) is 1.51. The minimum Gasteiger partial charge on any atom is -0.396 e. The smallest absolute Gasteiger partial charge is 0.151 e. The van der Waals surface area contributed by atoms with Crippen LogP contribution in [0.2, 0.25) is 0 Å². The number of hydrogen-bond acceptors (Lipinski definition) is 5. The zero-order valence-electron chi connectivity index (χ0n) is 13.4. The van der Waals surface area contributed by atoms with Gasteiger partial charge in [0.1, 0.15) is 0 Å². The first-order chi connectivity index (χ1) is 10.7. The van der Waals surface area contributed by atoms with Crippen molar-refractivity contribution in [3.8, 4) is 0 Å². The molecule has 0 amide bonds. The summed E-state index contributed by atoms with van der Waals surface area (Å²) < 4.78 is 2.06. The lowest BCUT2D eigenvalue weighted by Gasteiger charge is -2.35. The Morgan fingerprint density at radius 2 is 2.00 bits per heavy atom. The maximum atomic E-state index is 6.02. The number of rotatable bonds is 4. The zero-order valence-corrected chi connectivity index (χ0v) is 13.4. The number of aromatic nitrogens is 3. The molecule has 2 N–H and O–H groups in total. The second-order valence-electron chi connectivity index (χ2n) is 5.75. The Bertz CT molecular complexity index is 627. The molecule has 3 heterocycles.